The SMILES string of the molecule is COc1c(-c2cccc(-c3cnn(C(C)c4ccc(F)cc4)c3)n2)ccn2nc(N)nc12. The van der Waals surface area contributed by atoms with E-state index in [-0.39, 0.29) is 17.8 Å². The maximum Gasteiger partial charge on any atom is 0.240 e. The summed E-state index contributed by atoms with van der Waals surface area (Å²) in [4.78, 5) is 9.07. The molecule has 0 saturated carbocycles. The maximum absolute atomic E-state index is 13.2. The molecule has 8 nitrogen and oxygen atoms in total. The molecule has 1 atom stereocenters. The van der Waals surface area contributed by atoms with Gasteiger partial charge in [0.25, 0.3) is 0 Å². The predicted molar refractivity (Wildman–Crippen MR) is 119 cm³/mol. The minimum Gasteiger partial charge on any atom is -0.492 e. The van der Waals surface area contributed by atoms with E-state index in [2.05, 4.69) is 15.2 Å². The van der Waals surface area contributed by atoms with Crippen molar-refractivity contribution in [3.63, 3.8) is 0 Å². The first-order chi connectivity index (χ1) is 15.5. The number of methoxy groups -OCH3 is 1. The summed E-state index contributed by atoms with van der Waals surface area (Å²) in [5.74, 6) is 0.456. The topological polar surface area (TPSA) is 96.1 Å². The van der Waals surface area contributed by atoms with Crippen LogP contribution < -0.4 is 10.5 Å². The summed E-state index contributed by atoms with van der Waals surface area (Å²) >= 11 is 0. The second kappa shape index (κ2) is 7.77. The lowest BCUT2D eigenvalue weighted by atomic mass is 10.1. The fourth-order valence-electron chi connectivity index (χ4n) is 3.66. The van der Waals surface area contributed by atoms with E-state index in [9.17, 15) is 4.39 Å². The van der Waals surface area contributed by atoms with E-state index in [0.29, 0.717) is 11.4 Å². The van der Waals surface area contributed by atoms with Gasteiger partial charge in [0.05, 0.1) is 30.7 Å². The fraction of sp³-hybridized carbons (Fsp3) is 0.130. The van der Waals surface area contributed by atoms with E-state index in [1.54, 1.807) is 36.2 Å². The second-order valence-electron chi connectivity index (χ2n) is 7.35. The number of nitrogens with two attached hydrogens (primary N) is 1. The third-order valence-corrected chi connectivity index (χ3v) is 5.35. The van der Waals surface area contributed by atoms with Crippen molar-refractivity contribution in [3.8, 4) is 28.3 Å². The number of rotatable bonds is 5. The largest absolute Gasteiger partial charge is 0.492 e. The summed E-state index contributed by atoms with van der Waals surface area (Å²) in [6.45, 7) is 2.01. The van der Waals surface area contributed by atoms with E-state index >= 15 is 0 Å². The second-order valence-corrected chi connectivity index (χ2v) is 7.35. The predicted octanol–water partition coefficient (Wildman–Crippen LogP) is 3.99. The highest BCUT2D eigenvalue weighted by Gasteiger charge is 2.16. The Labute approximate surface area is 183 Å². The molecule has 0 radical (unpaired) electrons. The number of nitrogen functional groups attached to an aromatic ring is 1. The van der Waals surface area contributed by atoms with Gasteiger partial charge in [0, 0.05) is 23.5 Å². The molecular weight excluding hydrogens is 409 g/mol. The van der Waals surface area contributed by atoms with Crippen molar-refractivity contribution < 1.29 is 9.13 Å². The van der Waals surface area contributed by atoms with Crippen LogP contribution in [0.2, 0.25) is 0 Å². The molecule has 5 aromatic rings. The van der Waals surface area contributed by atoms with Crippen LogP contribution in [0.25, 0.3) is 28.2 Å². The molecule has 4 aromatic heterocycles. The molecule has 4 heterocycles. The number of aromatic nitrogens is 6. The number of halogens is 1. The van der Waals surface area contributed by atoms with Gasteiger partial charge >= 0.3 is 0 Å². The third-order valence-electron chi connectivity index (χ3n) is 5.35. The average Bonchev–Trinajstić information content (AvgIpc) is 3.45. The summed E-state index contributed by atoms with van der Waals surface area (Å²) in [6.07, 6.45) is 5.47. The molecule has 0 amide bonds. The number of hydrogen-bond donors (Lipinski definition) is 1. The molecule has 9 heteroatoms. The molecule has 0 aliphatic heterocycles. The first-order valence-corrected chi connectivity index (χ1v) is 10.00. The Balaban J connectivity index is 1.50. The van der Waals surface area contributed by atoms with Gasteiger partial charge in [-0.2, -0.15) is 10.1 Å². The van der Waals surface area contributed by atoms with Crippen LogP contribution in [0.1, 0.15) is 18.5 Å². The standard InChI is InChI=1S/C23H20FN7O/c1-14(15-6-8-17(24)9-7-15)31-13-16(12-26-31)19-4-3-5-20(27-19)18-10-11-30-22(21(18)32-2)28-23(25)29-30/h3-14H,1-2H3,(H2,25,29). The molecule has 0 aliphatic carbocycles. The quantitative estimate of drug-likeness (QED) is 0.454. The molecule has 0 bridgehead atoms. The fourth-order valence-corrected chi connectivity index (χ4v) is 3.66. The lowest BCUT2D eigenvalue weighted by molar-refractivity contribution is 0.418. The van der Waals surface area contributed by atoms with Crippen LogP contribution in [0.5, 0.6) is 5.75 Å². The first-order valence-electron chi connectivity index (χ1n) is 10.00. The zero-order valence-corrected chi connectivity index (χ0v) is 17.5. The smallest absolute Gasteiger partial charge is 0.240 e. The first kappa shape index (κ1) is 19.7. The Morgan fingerprint density at radius 3 is 2.59 bits per heavy atom. The van der Waals surface area contributed by atoms with Crippen LogP contribution in [0.15, 0.2) is 67.1 Å². The summed E-state index contributed by atoms with van der Waals surface area (Å²) < 4.78 is 22.3. The molecule has 160 valence electrons. The lowest BCUT2D eigenvalue weighted by Gasteiger charge is -2.12. The van der Waals surface area contributed by atoms with Gasteiger partial charge in [-0.1, -0.05) is 18.2 Å². The van der Waals surface area contributed by atoms with Crippen molar-refractivity contribution in [2.75, 3.05) is 12.8 Å². The highest BCUT2D eigenvalue weighted by Crippen LogP contribution is 2.33. The van der Waals surface area contributed by atoms with Gasteiger partial charge in [0.2, 0.25) is 5.95 Å². The summed E-state index contributed by atoms with van der Waals surface area (Å²) in [6, 6.07) is 14.0. The van der Waals surface area contributed by atoms with E-state index in [0.717, 1.165) is 28.1 Å². The Morgan fingerprint density at radius 2 is 1.81 bits per heavy atom. The Kier molecular flexibility index (Phi) is 4.78. The van der Waals surface area contributed by atoms with Crippen LogP contribution in [0.4, 0.5) is 10.3 Å². The van der Waals surface area contributed by atoms with Crippen LogP contribution in [0.3, 0.4) is 0 Å². The van der Waals surface area contributed by atoms with Gasteiger partial charge in [-0.3, -0.25) is 4.68 Å². The van der Waals surface area contributed by atoms with Gasteiger partial charge < -0.3 is 10.5 Å². The van der Waals surface area contributed by atoms with Crippen molar-refractivity contribution in [3.05, 3.63) is 78.5 Å². The zero-order chi connectivity index (χ0) is 22.2. The van der Waals surface area contributed by atoms with Crippen LogP contribution >= 0.6 is 0 Å². The molecule has 0 aliphatic rings. The molecule has 0 saturated heterocycles. The monoisotopic (exact) mass is 429 g/mol. The van der Waals surface area contributed by atoms with E-state index in [4.69, 9.17) is 15.5 Å². The molecule has 5 rings (SSSR count). The summed E-state index contributed by atoms with van der Waals surface area (Å²) in [7, 11) is 1.58. The Hall–Kier alpha value is -4.27. The van der Waals surface area contributed by atoms with Gasteiger partial charge in [-0.25, -0.2) is 13.9 Å². The Bertz CT molecular complexity index is 1410. The van der Waals surface area contributed by atoms with E-state index in [1.807, 2.05) is 42.1 Å². The number of fused-ring (bicyclic) bond motifs is 1. The van der Waals surface area contributed by atoms with Crippen molar-refractivity contribution in [2.24, 2.45) is 0 Å². The van der Waals surface area contributed by atoms with E-state index < -0.39 is 0 Å². The van der Waals surface area contributed by atoms with Gasteiger partial charge in [0.1, 0.15) is 5.82 Å². The minimum atomic E-state index is -0.259. The number of pyridine rings is 2. The number of anilines is 1. The van der Waals surface area contributed by atoms with Crippen LogP contribution in [-0.2, 0) is 0 Å². The zero-order valence-electron chi connectivity index (χ0n) is 17.5. The van der Waals surface area contributed by atoms with Crippen molar-refractivity contribution in [1.82, 2.24) is 29.4 Å². The van der Waals surface area contributed by atoms with Crippen molar-refractivity contribution in [1.29, 1.82) is 0 Å². The number of benzene rings is 1. The maximum atomic E-state index is 13.2. The van der Waals surface area contributed by atoms with Gasteiger partial charge in [-0.05, 0) is 42.8 Å². The third kappa shape index (κ3) is 3.43. The summed E-state index contributed by atoms with van der Waals surface area (Å²) in [5, 5.41) is 8.62. The van der Waals surface area contributed by atoms with Crippen LogP contribution in [-0.4, -0.2) is 36.5 Å². The van der Waals surface area contributed by atoms with Gasteiger partial charge in [0.15, 0.2) is 11.4 Å². The molecule has 1 unspecified atom stereocenters. The van der Waals surface area contributed by atoms with Gasteiger partial charge in [-0.15, -0.1) is 5.10 Å². The number of hydrogen-bond acceptors (Lipinski definition) is 6. The molecule has 2 N–H and O–H groups in total. The summed E-state index contributed by atoms with van der Waals surface area (Å²) in [5.41, 5.74) is 10.4. The average molecular weight is 429 g/mol. The normalized spacial score (nSPS) is 12.2. The molecule has 0 spiro atoms. The van der Waals surface area contributed by atoms with Crippen molar-refractivity contribution in [2.45, 2.75) is 13.0 Å². The van der Waals surface area contributed by atoms with Crippen molar-refractivity contribution >= 4 is 11.6 Å². The molecule has 32 heavy (non-hydrogen) atoms. The Morgan fingerprint density at radius 1 is 1.03 bits per heavy atom. The van der Waals surface area contributed by atoms with E-state index in [1.165, 1.54) is 12.1 Å². The number of ether oxygens (including phenoxy) is 1. The molecule has 1 aromatic carbocycles. The molecule has 0 fully saturated rings. The highest BCUT2D eigenvalue weighted by atomic mass is 19.1. The number of nitrogens with zero attached hydrogens (tertiary/aromatic N) is 6. The minimum absolute atomic E-state index is 0.0477. The highest BCUT2D eigenvalue weighted by molar-refractivity contribution is 5.77. The lowest BCUT2D eigenvalue weighted by Crippen LogP contribution is -2.06. The van der Waals surface area contributed by atoms with Crippen LogP contribution in [0, 0.1) is 5.82 Å². The molecular formula is C23H20FN7O.